The van der Waals surface area contributed by atoms with Crippen LogP contribution >= 0.6 is 11.6 Å². The van der Waals surface area contributed by atoms with Gasteiger partial charge in [0.15, 0.2) is 5.69 Å². The third-order valence-electron chi connectivity index (χ3n) is 6.04. The Bertz CT molecular complexity index is 1160. The number of rotatable bonds is 4. The molecule has 6 nitrogen and oxygen atoms in total. The summed E-state index contributed by atoms with van der Waals surface area (Å²) >= 11 is 6.07. The van der Waals surface area contributed by atoms with E-state index in [1.807, 2.05) is 36.4 Å². The van der Waals surface area contributed by atoms with Crippen molar-refractivity contribution in [2.24, 2.45) is 0 Å². The van der Waals surface area contributed by atoms with Crippen molar-refractivity contribution in [2.45, 2.75) is 38.4 Å². The minimum absolute atomic E-state index is 0.0220. The zero-order chi connectivity index (χ0) is 21.4. The molecule has 2 aliphatic rings. The number of aromatic nitrogens is 2. The topological polar surface area (TPSA) is 67.2 Å². The number of nitrogens with one attached hydrogen (secondary N) is 1. The van der Waals surface area contributed by atoms with Crippen molar-refractivity contribution in [3.05, 3.63) is 87.7 Å². The number of amides is 2. The van der Waals surface area contributed by atoms with E-state index < -0.39 is 0 Å². The molecule has 0 saturated heterocycles. The summed E-state index contributed by atoms with van der Waals surface area (Å²) in [5, 5.41) is 8.18. The first-order valence-corrected chi connectivity index (χ1v) is 11.0. The van der Waals surface area contributed by atoms with Crippen LogP contribution in [0.1, 0.15) is 56.6 Å². The lowest BCUT2D eigenvalue weighted by atomic mass is 9.87. The van der Waals surface area contributed by atoms with Crippen LogP contribution in [0.15, 0.2) is 54.6 Å². The van der Waals surface area contributed by atoms with Crippen LogP contribution in [-0.2, 0) is 19.5 Å². The van der Waals surface area contributed by atoms with Gasteiger partial charge in [-0.1, -0.05) is 48.0 Å². The molecule has 1 N–H and O–H groups in total. The fourth-order valence-electron chi connectivity index (χ4n) is 4.49. The Morgan fingerprint density at radius 2 is 2.00 bits per heavy atom. The summed E-state index contributed by atoms with van der Waals surface area (Å²) in [6.45, 7) is 1.57. The molecular formula is C24H23ClN4O2. The number of aryl methyl sites for hydroxylation is 1. The first-order valence-electron chi connectivity index (χ1n) is 10.6. The van der Waals surface area contributed by atoms with Gasteiger partial charge in [-0.25, -0.2) is 0 Å². The van der Waals surface area contributed by atoms with Crippen LogP contribution in [-0.4, -0.2) is 33.0 Å². The summed E-state index contributed by atoms with van der Waals surface area (Å²) in [6.07, 6.45) is 2.99. The van der Waals surface area contributed by atoms with E-state index in [1.165, 1.54) is 11.1 Å². The van der Waals surface area contributed by atoms with E-state index in [0.717, 1.165) is 24.8 Å². The fraction of sp³-hybridized carbons (Fsp3) is 0.292. The van der Waals surface area contributed by atoms with E-state index in [4.69, 9.17) is 11.6 Å². The number of hydrogen-bond donors (Lipinski definition) is 1. The Morgan fingerprint density at radius 1 is 1.13 bits per heavy atom. The summed E-state index contributed by atoms with van der Waals surface area (Å²) in [6, 6.07) is 17.3. The number of halogens is 1. The third-order valence-corrected chi connectivity index (χ3v) is 6.27. The van der Waals surface area contributed by atoms with Crippen molar-refractivity contribution in [1.82, 2.24) is 20.0 Å². The highest BCUT2D eigenvalue weighted by molar-refractivity contribution is 6.30. The van der Waals surface area contributed by atoms with Gasteiger partial charge < -0.3 is 10.2 Å². The molecule has 2 amide bonds. The summed E-state index contributed by atoms with van der Waals surface area (Å²) in [5.41, 5.74) is 4.17. The molecule has 5 rings (SSSR count). The number of hydrogen-bond acceptors (Lipinski definition) is 3. The van der Waals surface area contributed by atoms with Gasteiger partial charge in [0, 0.05) is 24.2 Å². The average Bonchev–Trinajstić information content (AvgIpc) is 3.22. The highest BCUT2D eigenvalue weighted by Gasteiger charge is 2.29. The van der Waals surface area contributed by atoms with E-state index in [1.54, 1.807) is 15.6 Å². The molecule has 1 aromatic heterocycles. The smallest absolute Gasteiger partial charge is 0.272 e. The average molecular weight is 435 g/mol. The first kappa shape index (κ1) is 19.8. The molecular weight excluding hydrogens is 412 g/mol. The van der Waals surface area contributed by atoms with E-state index in [9.17, 15) is 9.59 Å². The van der Waals surface area contributed by atoms with Crippen molar-refractivity contribution < 1.29 is 9.59 Å². The van der Waals surface area contributed by atoms with Crippen molar-refractivity contribution in [1.29, 1.82) is 0 Å². The van der Waals surface area contributed by atoms with Crippen LogP contribution in [0.2, 0.25) is 5.02 Å². The Hall–Kier alpha value is -3.12. The number of fused-ring (bicyclic) bond motifs is 2. The Balaban J connectivity index is 1.31. The zero-order valence-electron chi connectivity index (χ0n) is 17.1. The first-order chi connectivity index (χ1) is 15.1. The second-order valence-corrected chi connectivity index (χ2v) is 8.55. The maximum absolute atomic E-state index is 13.0. The van der Waals surface area contributed by atoms with Crippen LogP contribution in [0.5, 0.6) is 0 Å². The molecule has 1 aliphatic heterocycles. The third kappa shape index (κ3) is 3.95. The Kier molecular flexibility index (Phi) is 5.24. The standard InChI is InChI=1S/C24H23ClN4O2/c25-18-8-3-5-16(13-18)15-28-11-12-29-22(24(28)31)14-21(27-29)23(30)26-20-10-4-7-17-6-1-2-9-19(17)20/h1-3,5-6,8-9,13-14,20H,4,7,10-12,15H2,(H,26,30)/t20-/m0/s1. The second kappa shape index (κ2) is 8.19. The highest BCUT2D eigenvalue weighted by atomic mass is 35.5. The minimum Gasteiger partial charge on any atom is -0.344 e. The molecule has 0 bridgehead atoms. The molecule has 158 valence electrons. The van der Waals surface area contributed by atoms with E-state index >= 15 is 0 Å². The molecule has 0 radical (unpaired) electrons. The van der Waals surface area contributed by atoms with Crippen molar-refractivity contribution in [3.63, 3.8) is 0 Å². The van der Waals surface area contributed by atoms with Gasteiger partial charge in [-0.2, -0.15) is 5.10 Å². The van der Waals surface area contributed by atoms with Gasteiger partial charge in [0.2, 0.25) is 0 Å². The lowest BCUT2D eigenvalue weighted by molar-refractivity contribution is 0.0683. The van der Waals surface area contributed by atoms with Gasteiger partial charge in [-0.15, -0.1) is 0 Å². The van der Waals surface area contributed by atoms with Crippen LogP contribution in [0.4, 0.5) is 0 Å². The quantitative estimate of drug-likeness (QED) is 0.674. The molecule has 2 heterocycles. The number of carbonyl (C=O) groups excluding carboxylic acids is 2. The van der Waals surface area contributed by atoms with Gasteiger partial charge >= 0.3 is 0 Å². The summed E-state index contributed by atoms with van der Waals surface area (Å²) in [7, 11) is 0. The van der Waals surface area contributed by atoms with Crippen molar-refractivity contribution >= 4 is 23.4 Å². The van der Waals surface area contributed by atoms with Gasteiger partial charge in [-0.3, -0.25) is 14.3 Å². The van der Waals surface area contributed by atoms with Crippen LogP contribution in [0.25, 0.3) is 0 Å². The second-order valence-electron chi connectivity index (χ2n) is 8.11. The van der Waals surface area contributed by atoms with Crippen molar-refractivity contribution in [3.8, 4) is 0 Å². The maximum atomic E-state index is 13.0. The lowest BCUT2D eigenvalue weighted by Crippen LogP contribution is -2.39. The summed E-state index contributed by atoms with van der Waals surface area (Å²) < 4.78 is 1.64. The monoisotopic (exact) mass is 434 g/mol. The van der Waals surface area contributed by atoms with Gasteiger partial charge in [-0.05, 0) is 48.1 Å². The minimum atomic E-state index is -0.238. The molecule has 2 aromatic carbocycles. The van der Waals surface area contributed by atoms with Crippen LogP contribution < -0.4 is 5.32 Å². The highest BCUT2D eigenvalue weighted by Crippen LogP contribution is 2.29. The van der Waals surface area contributed by atoms with E-state index in [0.29, 0.717) is 30.4 Å². The van der Waals surface area contributed by atoms with E-state index in [-0.39, 0.29) is 23.6 Å². The lowest BCUT2D eigenvalue weighted by Gasteiger charge is -2.27. The number of benzene rings is 2. The predicted molar refractivity (Wildman–Crippen MR) is 118 cm³/mol. The zero-order valence-corrected chi connectivity index (χ0v) is 17.8. The van der Waals surface area contributed by atoms with E-state index in [2.05, 4.69) is 22.5 Å². The normalized spacial score (nSPS) is 17.8. The SMILES string of the molecule is O=C(N[C@H]1CCCc2ccccc21)c1cc2n(n1)CCN(Cc1cccc(Cl)c1)C2=O. The molecule has 1 aliphatic carbocycles. The Morgan fingerprint density at radius 3 is 2.87 bits per heavy atom. The molecule has 7 heteroatoms. The largest absolute Gasteiger partial charge is 0.344 e. The molecule has 0 spiro atoms. The molecule has 0 unspecified atom stereocenters. The predicted octanol–water partition coefficient (Wildman–Crippen LogP) is 4.00. The Labute approximate surface area is 185 Å². The van der Waals surface area contributed by atoms with Crippen LogP contribution in [0, 0.1) is 0 Å². The van der Waals surface area contributed by atoms with Gasteiger partial charge in [0.1, 0.15) is 5.69 Å². The molecule has 0 fully saturated rings. The van der Waals surface area contributed by atoms with Gasteiger partial charge in [0.25, 0.3) is 11.8 Å². The fourth-order valence-corrected chi connectivity index (χ4v) is 4.70. The molecule has 1 atom stereocenters. The number of nitrogens with zero attached hydrogens (tertiary/aromatic N) is 3. The molecule has 3 aromatic rings. The number of carbonyl (C=O) groups is 2. The maximum Gasteiger partial charge on any atom is 0.272 e. The van der Waals surface area contributed by atoms with Gasteiger partial charge in [0.05, 0.1) is 12.6 Å². The van der Waals surface area contributed by atoms with Crippen LogP contribution in [0.3, 0.4) is 0 Å². The molecule has 31 heavy (non-hydrogen) atoms. The summed E-state index contributed by atoms with van der Waals surface area (Å²) in [5.74, 6) is -0.362. The summed E-state index contributed by atoms with van der Waals surface area (Å²) in [4.78, 5) is 27.7. The molecule has 0 saturated carbocycles. The van der Waals surface area contributed by atoms with Crippen molar-refractivity contribution in [2.75, 3.05) is 6.54 Å².